The van der Waals surface area contributed by atoms with Crippen molar-refractivity contribution in [3.63, 3.8) is 0 Å². The van der Waals surface area contributed by atoms with Crippen molar-refractivity contribution < 1.29 is 9.53 Å². The Morgan fingerprint density at radius 2 is 1.90 bits per heavy atom. The van der Waals surface area contributed by atoms with Crippen molar-refractivity contribution in [1.82, 2.24) is 0 Å². The minimum Gasteiger partial charge on any atom is -0.497 e. The van der Waals surface area contributed by atoms with Crippen molar-refractivity contribution >= 4 is 35.6 Å². The number of nitrogens with zero attached hydrogens (tertiary/aromatic N) is 1. The number of methoxy groups -OCH3 is 1. The van der Waals surface area contributed by atoms with Crippen molar-refractivity contribution in [2.24, 2.45) is 17.6 Å². The quantitative estimate of drug-likeness (QED) is 0.678. The van der Waals surface area contributed by atoms with Crippen LogP contribution in [-0.2, 0) is 10.3 Å². The molecule has 0 bridgehead atoms. The molecule has 1 saturated heterocycles. The number of ether oxygens (including phenoxy) is 1. The van der Waals surface area contributed by atoms with Gasteiger partial charge in [-0.25, -0.2) is 5.26 Å². The van der Waals surface area contributed by atoms with Crippen molar-refractivity contribution in [3.05, 3.63) is 63.6 Å². The molecule has 1 heterocycles. The summed E-state index contributed by atoms with van der Waals surface area (Å²) in [5.74, 6) is 2.28. The molecule has 1 saturated carbocycles. The van der Waals surface area contributed by atoms with Crippen LogP contribution < -0.4 is 10.5 Å². The van der Waals surface area contributed by atoms with E-state index in [9.17, 15) is 10.1 Å². The lowest BCUT2D eigenvalue weighted by Crippen LogP contribution is -2.54. The summed E-state index contributed by atoms with van der Waals surface area (Å²) in [4.78, 5) is 13.0. The topological polar surface area (TPSA) is 76.1 Å². The molecule has 1 aliphatic heterocycles. The lowest BCUT2D eigenvalue weighted by Gasteiger charge is -2.51. The largest absolute Gasteiger partial charge is 0.497 e. The third-order valence-corrected chi connectivity index (χ3v) is 7.74. The maximum Gasteiger partial charge on any atom is 0.348 e. The van der Waals surface area contributed by atoms with Crippen LogP contribution >= 0.6 is 23.2 Å². The highest BCUT2D eigenvalue weighted by Gasteiger charge is 2.62. The number of nitriles is 1. The summed E-state index contributed by atoms with van der Waals surface area (Å²) < 4.78 is 5.31. The number of benzene rings is 2. The van der Waals surface area contributed by atoms with Crippen LogP contribution in [-0.4, -0.2) is 19.5 Å². The molecule has 1 aliphatic carbocycles. The van der Waals surface area contributed by atoms with Crippen molar-refractivity contribution in [3.8, 4) is 11.7 Å². The fourth-order valence-electron chi connectivity index (χ4n) is 5.79. The van der Waals surface area contributed by atoms with Crippen molar-refractivity contribution in [1.29, 1.82) is 5.26 Å². The van der Waals surface area contributed by atoms with Crippen LogP contribution in [0.25, 0.3) is 0 Å². The van der Waals surface area contributed by atoms with Gasteiger partial charge in [-0.15, -0.1) is 0 Å². The first-order valence-electron chi connectivity index (χ1n) is 10.1. The molecule has 5 atom stereocenters. The molecule has 0 aromatic heterocycles. The van der Waals surface area contributed by atoms with E-state index in [0.717, 1.165) is 11.1 Å². The Balaban J connectivity index is 1.90. The molecular weight excluding hydrogens is 418 g/mol. The Hall–Kier alpha value is -2.00. The van der Waals surface area contributed by atoms with Crippen LogP contribution in [0, 0.1) is 23.1 Å². The highest BCUT2D eigenvalue weighted by atomic mass is 35.5. The number of halogens is 2. The van der Waals surface area contributed by atoms with E-state index in [1.807, 2.05) is 43.3 Å². The van der Waals surface area contributed by atoms with Crippen molar-refractivity contribution in [2.45, 2.75) is 37.0 Å². The van der Waals surface area contributed by atoms with Gasteiger partial charge in [-0.1, -0.05) is 48.3 Å². The zero-order valence-corrected chi connectivity index (χ0v) is 18.5. The average Bonchev–Trinajstić information content (AvgIpc) is 2.99. The molecule has 2 N–H and O–H groups in total. The second-order valence-electron chi connectivity index (χ2n) is 8.46. The Labute approximate surface area is 187 Å². The summed E-state index contributed by atoms with van der Waals surface area (Å²) in [5, 5.41) is 10.9. The molecule has 0 amide bonds. The minimum atomic E-state index is -0.855. The van der Waals surface area contributed by atoms with E-state index in [1.54, 1.807) is 13.2 Å². The summed E-state index contributed by atoms with van der Waals surface area (Å²) in [6, 6.07) is 13.2. The summed E-state index contributed by atoms with van der Waals surface area (Å²) in [6.07, 6.45) is 1.41. The standard InChI is InChI=1S/C23H23BCl2N2O2/c1-13-21-18(22(29)24(13)12-27)9-10-19(17-8-7-16(30-2)11-20(17)26)23(21,28)14-3-5-15(25)6-4-14/h3-8,11,13,18-19,21H,9-10,28H2,1-2H3. The van der Waals surface area contributed by atoms with Gasteiger partial charge >= 0.3 is 6.71 Å². The van der Waals surface area contributed by atoms with E-state index in [0.29, 0.717) is 28.6 Å². The van der Waals surface area contributed by atoms with Crippen molar-refractivity contribution in [2.75, 3.05) is 7.11 Å². The fourth-order valence-corrected chi connectivity index (χ4v) is 6.22. The highest BCUT2D eigenvalue weighted by Crippen LogP contribution is 2.59. The minimum absolute atomic E-state index is 0.0260. The molecule has 4 nitrogen and oxygen atoms in total. The lowest BCUT2D eigenvalue weighted by atomic mass is 9.42. The highest BCUT2D eigenvalue weighted by molar-refractivity contribution is 6.98. The third kappa shape index (κ3) is 3.14. The zero-order valence-electron chi connectivity index (χ0n) is 16.9. The number of carbonyl (C=O) groups excluding carboxylic acids is 1. The second-order valence-corrected chi connectivity index (χ2v) is 9.30. The van der Waals surface area contributed by atoms with E-state index in [1.165, 1.54) is 0 Å². The molecule has 0 spiro atoms. The number of carbonyl (C=O) groups is 1. The molecule has 2 aliphatic rings. The molecule has 154 valence electrons. The molecule has 7 heteroatoms. The van der Waals surface area contributed by atoms with Crippen LogP contribution in [0.3, 0.4) is 0 Å². The molecule has 30 heavy (non-hydrogen) atoms. The number of fused-ring (bicyclic) bond motifs is 1. The number of hydrogen-bond donors (Lipinski definition) is 1. The van der Waals surface area contributed by atoms with E-state index in [2.05, 4.69) is 5.97 Å². The predicted molar refractivity (Wildman–Crippen MR) is 120 cm³/mol. The van der Waals surface area contributed by atoms with E-state index < -0.39 is 12.3 Å². The van der Waals surface area contributed by atoms with Crippen LogP contribution in [0.1, 0.15) is 36.8 Å². The van der Waals surface area contributed by atoms with Crippen LogP contribution in [0.4, 0.5) is 0 Å². The first kappa shape index (κ1) is 21.2. The Kier molecular flexibility index (Phi) is 5.61. The maximum atomic E-state index is 13.0. The summed E-state index contributed by atoms with van der Waals surface area (Å²) in [7, 11) is 1.60. The lowest BCUT2D eigenvalue weighted by molar-refractivity contribution is -0.118. The van der Waals surface area contributed by atoms with Crippen LogP contribution in [0.5, 0.6) is 5.75 Å². The van der Waals surface area contributed by atoms with Gasteiger partial charge in [0, 0.05) is 27.8 Å². The molecule has 2 fully saturated rings. The molecule has 4 rings (SSSR count). The van der Waals surface area contributed by atoms with Crippen LogP contribution in [0.2, 0.25) is 15.9 Å². The van der Waals surface area contributed by atoms with E-state index >= 15 is 0 Å². The Morgan fingerprint density at radius 1 is 1.20 bits per heavy atom. The normalized spacial score (nSPS) is 30.7. The van der Waals surface area contributed by atoms with Gasteiger partial charge in [0.25, 0.3) is 0 Å². The Morgan fingerprint density at radius 3 is 2.50 bits per heavy atom. The van der Waals surface area contributed by atoms with Gasteiger partial charge in [-0.2, -0.15) is 0 Å². The second kappa shape index (κ2) is 7.92. The van der Waals surface area contributed by atoms with Gasteiger partial charge in [-0.05, 0) is 60.0 Å². The van der Waals surface area contributed by atoms with Gasteiger partial charge in [0.1, 0.15) is 11.4 Å². The van der Waals surface area contributed by atoms with E-state index in [4.69, 9.17) is 33.7 Å². The smallest absolute Gasteiger partial charge is 0.348 e. The maximum absolute atomic E-state index is 13.0. The van der Waals surface area contributed by atoms with E-state index in [-0.39, 0.29) is 29.3 Å². The molecule has 0 radical (unpaired) electrons. The number of rotatable bonds is 3. The molecule has 2 aromatic carbocycles. The Bertz CT molecular complexity index is 1020. The van der Waals surface area contributed by atoms with Crippen LogP contribution in [0.15, 0.2) is 42.5 Å². The monoisotopic (exact) mass is 440 g/mol. The fraction of sp³-hybridized carbons (Fsp3) is 0.391. The summed E-state index contributed by atoms with van der Waals surface area (Å²) in [5.41, 5.74) is 8.33. The van der Waals surface area contributed by atoms with Gasteiger partial charge in [0.15, 0.2) is 0 Å². The van der Waals surface area contributed by atoms with Gasteiger partial charge in [0.05, 0.1) is 12.6 Å². The summed E-state index contributed by atoms with van der Waals surface area (Å²) >= 11 is 12.8. The third-order valence-electron chi connectivity index (χ3n) is 7.16. The van der Waals surface area contributed by atoms with Gasteiger partial charge in [0.2, 0.25) is 0 Å². The SMILES string of the molecule is COc1ccc(C2CCC3C(=O)B(C#N)C(C)C3C2(N)c2ccc(Cl)cc2)c(Cl)c1. The summed E-state index contributed by atoms with van der Waals surface area (Å²) in [6.45, 7) is 1.35. The molecule has 2 aromatic rings. The average molecular weight is 441 g/mol. The van der Waals surface area contributed by atoms with Gasteiger partial charge < -0.3 is 15.3 Å². The zero-order chi connectivity index (χ0) is 21.6. The first-order valence-corrected chi connectivity index (χ1v) is 10.9. The molecular formula is C23H23BCl2N2O2. The van der Waals surface area contributed by atoms with Gasteiger partial charge in [-0.3, -0.25) is 0 Å². The number of hydrogen-bond acceptors (Lipinski definition) is 4. The predicted octanol–water partition coefficient (Wildman–Crippen LogP) is 5.04. The first-order chi connectivity index (χ1) is 14.3. The molecule has 5 unspecified atom stereocenters. The number of nitrogens with two attached hydrogens (primary N) is 1.